The van der Waals surface area contributed by atoms with Crippen molar-refractivity contribution in [3.63, 3.8) is 0 Å². The molecule has 0 aliphatic carbocycles. The number of rotatable bonds is 3. The summed E-state index contributed by atoms with van der Waals surface area (Å²) in [6.07, 6.45) is 0. The maximum atomic E-state index is 12.0. The summed E-state index contributed by atoms with van der Waals surface area (Å²) in [5, 5.41) is 8.74. The molecular formula is C15H13Cl2N3O2. The first-order chi connectivity index (χ1) is 10.4. The van der Waals surface area contributed by atoms with E-state index in [1.165, 1.54) is 13.0 Å². The molecule has 0 spiro atoms. The minimum Gasteiger partial charge on any atom is -0.326 e. The zero-order valence-corrected chi connectivity index (χ0v) is 13.1. The monoisotopic (exact) mass is 337 g/mol. The number of urea groups is 1. The highest BCUT2D eigenvalue weighted by molar-refractivity contribution is 6.36. The fourth-order valence-corrected chi connectivity index (χ4v) is 2.21. The number of hydrogen-bond donors (Lipinski definition) is 3. The second-order valence-electron chi connectivity index (χ2n) is 4.47. The van der Waals surface area contributed by atoms with Crippen LogP contribution in [0.4, 0.5) is 21.9 Å². The molecule has 3 amide bonds. The van der Waals surface area contributed by atoms with Crippen molar-refractivity contribution >= 4 is 52.2 Å². The Morgan fingerprint density at radius 1 is 0.909 bits per heavy atom. The van der Waals surface area contributed by atoms with E-state index in [9.17, 15) is 9.59 Å². The average Bonchev–Trinajstić information content (AvgIpc) is 2.41. The lowest BCUT2D eigenvalue weighted by Crippen LogP contribution is -2.19. The van der Waals surface area contributed by atoms with Crippen molar-refractivity contribution in [2.45, 2.75) is 6.92 Å². The second kappa shape index (κ2) is 7.15. The highest BCUT2D eigenvalue weighted by atomic mass is 35.5. The lowest BCUT2D eigenvalue weighted by Gasteiger charge is -2.10. The lowest BCUT2D eigenvalue weighted by atomic mass is 10.2. The van der Waals surface area contributed by atoms with E-state index >= 15 is 0 Å². The van der Waals surface area contributed by atoms with Crippen LogP contribution < -0.4 is 16.0 Å². The van der Waals surface area contributed by atoms with Crippen LogP contribution >= 0.6 is 23.2 Å². The summed E-state index contributed by atoms with van der Waals surface area (Å²) in [5.41, 5.74) is 1.57. The van der Waals surface area contributed by atoms with Crippen LogP contribution in [0.1, 0.15) is 6.92 Å². The van der Waals surface area contributed by atoms with Crippen LogP contribution in [0.3, 0.4) is 0 Å². The van der Waals surface area contributed by atoms with Gasteiger partial charge < -0.3 is 16.0 Å². The molecular weight excluding hydrogens is 325 g/mol. The molecule has 0 fully saturated rings. The number of hydrogen-bond acceptors (Lipinski definition) is 2. The number of carbonyl (C=O) groups is 2. The van der Waals surface area contributed by atoms with Gasteiger partial charge in [-0.15, -0.1) is 0 Å². The quantitative estimate of drug-likeness (QED) is 0.766. The number of nitrogens with one attached hydrogen (secondary N) is 3. The molecule has 0 saturated carbocycles. The van der Waals surface area contributed by atoms with Crippen molar-refractivity contribution in [3.8, 4) is 0 Å². The number of halogens is 2. The summed E-state index contributed by atoms with van der Waals surface area (Å²) >= 11 is 11.8. The first kappa shape index (κ1) is 16.1. The van der Waals surface area contributed by atoms with Gasteiger partial charge in [0.25, 0.3) is 0 Å². The standard InChI is InChI=1S/C15H13Cl2N3O2/c1-9(21)18-11-3-2-4-12(8-11)19-15(22)20-14-6-5-10(16)7-13(14)17/h2-8H,1H3,(H,18,21)(H2,19,20,22). The number of carbonyl (C=O) groups excluding carboxylic acids is 2. The van der Waals surface area contributed by atoms with Crippen molar-refractivity contribution in [2.75, 3.05) is 16.0 Å². The molecule has 0 atom stereocenters. The Morgan fingerprint density at radius 2 is 1.59 bits per heavy atom. The van der Waals surface area contributed by atoms with E-state index in [2.05, 4.69) is 16.0 Å². The van der Waals surface area contributed by atoms with E-state index in [0.717, 1.165) is 0 Å². The molecule has 5 nitrogen and oxygen atoms in total. The van der Waals surface area contributed by atoms with E-state index in [4.69, 9.17) is 23.2 Å². The fourth-order valence-electron chi connectivity index (χ4n) is 1.75. The Labute approximate surface area is 137 Å². The second-order valence-corrected chi connectivity index (χ2v) is 5.31. The molecule has 0 unspecified atom stereocenters. The third-order valence-corrected chi connectivity index (χ3v) is 3.17. The minimum absolute atomic E-state index is 0.186. The molecule has 0 aliphatic rings. The smallest absolute Gasteiger partial charge is 0.323 e. The largest absolute Gasteiger partial charge is 0.326 e. The molecule has 0 bridgehead atoms. The van der Waals surface area contributed by atoms with Gasteiger partial charge in [0.2, 0.25) is 5.91 Å². The van der Waals surface area contributed by atoms with Gasteiger partial charge in [0.05, 0.1) is 10.7 Å². The maximum absolute atomic E-state index is 12.0. The molecule has 0 heterocycles. The third kappa shape index (κ3) is 4.65. The van der Waals surface area contributed by atoms with Gasteiger partial charge in [0, 0.05) is 23.3 Å². The molecule has 22 heavy (non-hydrogen) atoms. The first-order valence-electron chi connectivity index (χ1n) is 6.35. The number of amides is 3. The van der Waals surface area contributed by atoms with Crippen LogP contribution in [-0.4, -0.2) is 11.9 Å². The maximum Gasteiger partial charge on any atom is 0.323 e. The van der Waals surface area contributed by atoms with Crippen molar-refractivity contribution < 1.29 is 9.59 Å². The zero-order valence-electron chi connectivity index (χ0n) is 11.6. The van der Waals surface area contributed by atoms with Crippen LogP contribution in [0.2, 0.25) is 10.0 Å². The Bertz CT molecular complexity index is 720. The van der Waals surface area contributed by atoms with E-state index in [1.54, 1.807) is 36.4 Å². The minimum atomic E-state index is -0.454. The first-order valence-corrected chi connectivity index (χ1v) is 7.10. The van der Waals surface area contributed by atoms with Crippen molar-refractivity contribution in [1.82, 2.24) is 0 Å². The van der Waals surface area contributed by atoms with Crippen LogP contribution in [0.5, 0.6) is 0 Å². The molecule has 3 N–H and O–H groups in total. The Hall–Kier alpha value is -2.24. The summed E-state index contributed by atoms with van der Waals surface area (Å²) in [6, 6.07) is 11.1. The summed E-state index contributed by atoms with van der Waals surface area (Å²) in [6.45, 7) is 1.41. The van der Waals surface area contributed by atoms with Crippen LogP contribution in [0, 0.1) is 0 Å². The Morgan fingerprint density at radius 3 is 2.23 bits per heavy atom. The molecule has 0 aromatic heterocycles. The predicted molar refractivity (Wildman–Crippen MR) is 89.8 cm³/mol. The molecule has 0 aliphatic heterocycles. The van der Waals surface area contributed by atoms with Gasteiger partial charge in [-0.05, 0) is 36.4 Å². The van der Waals surface area contributed by atoms with Gasteiger partial charge in [0.1, 0.15) is 0 Å². The SMILES string of the molecule is CC(=O)Nc1cccc(NC(=O)Nc2ccc(Cl)cc2Cl)c1. The van der Waals surface area contributed by atoms with Crippen molar-refractivity contribution in [3.05, 3.63) is 52.5 Å². The highest BCUT2D eigenvalue weighted by Gasteiger charge is 2.07. The van der Waals surface area contributed by atoms with E-state index < -0.39 is 6.03 Å². The predicted octanol–water partition coefficient (Wildman–Crippen LogP) is 4.60. The number of benzene rings is 2. The molecule has 2 aromatic carbocycles. The fraction of sp³-hybridized carbons (Fsp3) is 0.0667. The van der Waals surface area contributed by atoms with Crippen molar-refractivity contribution in [2.24, 2.45) is 0 Å². The molecule has 0 radical (unpaired) electrons. The van der Waals surface area contributed by atoms with Gasteiger partial charge in [-0.1, -0.05) is 29.3 Å². The van der Waals surface area contributed by atoms with Gasteiger partial charge >= 0.3 is 6.03 Å². The zero-order chi connectivity index (χ0) is 16.1. The lowest BCUT2D eigenvalue weighted by molar-refractivity contribution is -0.114. The van der Waals surface area contributed by atoms with Gasteiger partial charge in [-0.25, -0.2) is 4.79 Å². The van der Waals surface area contributed by atoms with Gasteiger partial charge in [-0.3, -0.25) is 4.79 Å². The molecule has 114 valence electrons. The molecule has 0 saturated heterocycles. The Balaban J connectivity index is 2.04. The summed E-state index contributed by atoms with van der Waals surface area (Å²) < 4.78 is 0. The van der Waals surface area contributed by atoms with E-state index in [-0.39, 0.29) is 5.91 Å². The molecule has 2 rings (SSSR count). The van der Waals surface area contributed by atoms with E-state index in [1.807, 2.05) is 0 Å². The summed E-state index contributed by atoms with van der Waals surface area (Å²) in [5.74, 6) is -0.186. The highest BCUT2D eigenvalue weighted by Crippen LogP contribution is 2.25. The summed E-state index contributed by atoms with van der Waals surface area (Å²) in [4.78, 5) is 23.0. The topological polar surface area (TPSA) is 70.2 Å². The van der Waals surface area contributed by atoms with Crippen molar-refractivity contribution in [1.29, 1.82) is 0 Å². The average molecular weight is 338 g/mol. The van der Waals surface area contributed by atoms with Gasteiger partial charge in [-0.2, -0.15) is 0 Å². The van der Waals surface area contributed by atoms with Crippen LogP contribution in [0.25, 0.3) is 0 Å². The Kier molecular flexibility index (Phi) is 5.25. The number of anilines is 3. The van der Waals surface area contributed by atoms with Gasteiger partial charge in [0.15, 0.2) is 0 Å². The summed E-state index contributed by atoms with van der Waals surface area (Å²) in [7, 11) is 0. The van der Waals surface area contributed by atoms with E-state index in [0.29, 0.717) is 27.1 Å². The third-order valence-electron chi connectivity index (χ3n) is 2.62. The normalized spacial score (nSPS) is 9.95. The van der Waals surface area contributed by atoms with Crippen LogP contribution in [0.15, 0.2) is 42.5 Å². The molecule has 2 aromatic rings. The molecule has 7 heteroatoms. The van der Waals surface area contributed by atoms with Crippen LogP contribution in [-0.2, 0) is 4.79 Å².